The van der Waals surface area contributed by atoms with Crippen molar-refractivity contribution in [1.29, 1.82) is 0 Å². The fourth-order valence-electron chi connectivity index (χ4n) is 1.68. The minimum absolute atomic E-state index is 0.315. The number of carboxylic acid groups (broad SMARTS) is 2. The highest BCUT2D eigenvalue weighted by Crippen LogP contribution is 2.13. The third-order valence-corrected chi connectivity index (χ3v) is 2.98. The third kappa shape index (κ3) is 8.79. The summed E-state index contributed by atoms with van der Waals surface area (Å²) in [4.78, 5) is 29.8. The highest BCUT2D eigenvalue weighted by Gasteiger charge is 2.29. The normalized spacial score (nSPS) is 12.7. The fourth-order valence-corrected chi connectivity index (χ4v) is 1.68. The molecule has 7 N–H and O–H groups in total. The van der Waals surface area contributed by atoms with Crippen molar-refractivity contribution in [2.24, 2.45) is 0 Å². The number of nitrogens with zero attached hydrogens (tertiary/aromatic N) is 3. The number of aliphatic hydroxyl groups is 2. The highest BCUT2D eigenvalue weighted by atomic mass is 16.4. The van der Waals surface area contributed by atoms with Gasteiger partial charge in [-0.25, -0.2) is 14.6 Å². The first-order valence-corrected chi connectivity index (χ1v) is 7.35. The zero-order valence-electron chi connectivity index (χ0n) is 14.4. The van der Waals surface area contributed by atoms with Crippen LogP contribution in [0.1, 0.15) is 12.0 Å². The molecular weight excluding hydrogens is 334 g/mol. The first-order valence-electron chi connectivity index (χ1n) is 7.35. The van der Waals surface area contributed by atoms with Crippen LogP contribution in [0.5, 0.6) is 0 Å². The largest absolute Gasteiger partial charge is 0.479 e. The molecule has 0 bridgehead atoms. The molecule has 0 spiro atoms. The summed E-state index contributed by atoms with van der Waals surface area (Å²) in [6.45, 7) is 1.06. The standard InChI is InChI=1S/C10H19N5.C4H6O6/c1-12-9-8(5-4-6-15(2)3)7-13-10(11)14-9;5-1(3(7)8)2(6)4(9)10/h7H,4-6H2,1-3H3,(H3,11,12,13,14);1-2,5-6H,(H,7,8)(H,9,10). The lowest BCUT2D eigenvalue weighted by atomic mass is 10.1. The van der Waals surface area contributed by atoms with Gasteiger partial charge in [0.15, 0.2) is 12.2 Å². The van der Waals surface area contributed by atoms with Gasteiger partial charge in [-0.1, -0.05) is 0 Å². The van der Waals surface area contributed by atoms with Gasteiger partial charge in [0, 0.05) is 18.8 Å². The van der Waals surface area contributed by atoms with E-state index in [4.69, 9.17) is 26.2 Å². The van der Waals surface area contributed by atoms with E-state index in [2.05, 4.69) is 34.3 Å². The van der Waals surface area contributed by atoms with Gasteiger partial charge in [0.1, 0.15) is 5.82 Å². The van der Waals surface area contributed by atoms with Gasteiger partial charge in [-0.05, 0) is 33.5 Å². The van der Waals surface area contributed by atoms with Crippen LogP contribution < -0.4 is 11.1 Å². The number of aryl methyl sites for hydroxylation is 1. The van der Waals surface area contributed by atoms with Crippen molar-refractivity contribution < 1.29 is 30.0 Å². The Bertz CT molecular complexity index is 551. The predicted molar refractivity (Wildman–Crippen MR) is 90.2 cm³/mol. The summed E-state index contributed by atoms with van der Waals surface area (Å²) in [5, 5.41) is 35.6. The Hall–Kier alpha value is -2.50. The molecule has 0 aliphatic rings. The second-order valence-electron chi connectivity index (χ2n) is 5.33. The number of nitrogen functional groups attached to an aromatic ring is 1. The average molecular weight is 359 g/mol. The number of carbonyl (C=O) groups is 2. The number of nitrogens with one attached hydrogen (secondary N) is 1. The summed E-state index contributed by atoms with van der Waals surface area (Å²) >= 11 is 0. The number of aliphatic carboxylic acids is 2. The van der Waals surface area contributed by atoms with E-state index in [0.717, 1.165) is 30.8 Å². The van der Waals surface area contributed by atoms with Crippen molar-refractivity contribution in [2.45, 2.75) is 25.0 Å². The summed E-state index contributed by atoms with van der Waals surface area (Å²) in [6, 6.07) is 0. The molecule has 2 unspecified atom stereocenters. The Balaban J connectivity index is 0.000000504. The van der Waals surface area contributed by atoms with E-state index < -0.39 is 24.1 Å². The summed E-state index contributed by atoms with van der Waals surface area (Å²) in [5.41, 5.74) is 6.63. The zero-order chi connectivity index (χ0) is 19.6. The van der Waals surface area contributed by atoms with Crippen LogP contribution in [0, 0.1) is 0 Å². The molecule has 1 rings (SSSR count). The van der Waals surface area contributed by atoms with Crippen molar-refractivity contribution >= 4 is 23.7 Å². The van der Waals surface area contributed by atoms with Crippen LogP contribution in [0.15, 0.2) is 6.20 Å². The molecule has 0 amide bonds. The van der Waals surface area contributed by atoms with E-state index in [-0.39, 0.29) is 0 Å². The average Bonchev–Trinajstić information content (AvgIpc) is 2.54. The van der Waals surface area contributed by atoms with Crippen molar-refractivity contribution in [3.05, 3.63) is 11.8 Å². The molecule has 0 saturated carbocycles. The molecule has 2 atom stereocenters. The first-order chi connectivity index (χ1) is 11.6. The number of anilines is 2. The van der Waals surface area contributed by atoms with Crippen molar-refractivity contribution in [3.8, 4) is 0 Å². The van der Waals surface area contributed by atoms with Gasteiger partial charge in [-0.2, -0.15) is 4.98 Å². The lowest BCUT2D eigenvalue weighted by Gasteiger charge is -2.11. The molecule has 0 aliphatic heterocycles. The zero-order valence-corrected chi connectivity index (χ0v) is 14.4. The number of hydrogen-bond acceptors (Lipinski definition) is 9. The van der Waals surface area contributed by atoms with Crippen molar-refractivity contribution in [1.82, 2.24) is 14.9 Å². The topological polar surface area (TPSA) is 182 Å². The minimum Gasteiger partial charge on any atom is -0.479 e. The summed E-state index contributed by atoms with van der Waals surface area (Å²) in [6.07, 6.45) is -0.678. The maximum absolute atomic E-state index is 9.77. The maximum atomic E-state index is 9.77. The SMILES string of the molecule is CNc1nc(N)ncc1CCCN(C)C.O=C(O)C(O)C(O)C(=O)O. The number of carboxylic acids is 2. The maximum Gasteiger partial charge on any atom is 0.335 e. The van der Waals surface area contributed by atoms with Gasteiger partial charge in [0.2, 0.25) is 5.95 Å². The quantitative estimate of drug-likeness (QED) is 0.317. The van der Waals surface area contributed by atoms with E-state index in [1.807, 2.05) is 7.05 Å². The van der Waals surface area contributed by atoms with Crippen molar-refractivity contribution in [3.63, 3.8) is 0 Å². The Morgan fingerprint density at radius 1 is 1.24 bits per heavy atom. The van der Waals surface area contributed by atoms with E-state index in [0.29, 0.717) is 5.95 Å². The number of aliphatic hydroxyl groups excluding tert-OH is 2. The summed E-state index contributed by atoms with van der Waals surface area (Å²) in [5.74, 6) is -2.39. The van der Waals surface area contributed by atoms with E-state index in [1.165, 1.54) is 0 Å². The minimum atomic E-state index is -2.27. The molecule has 142 valence electrons. The van der Waals surface area contributed by atoms with Crippen LogP contribution in [0.2, 0.25) is 0 Å². The number of hydrogen-bond donors (Lipinski definition) is 6. The van der Waals surface area contributed by atoms with Gasteiger partial charge in [-0.15, -0.1) is 0 Å². The van der Waals surface area contributed by atoms with E-state index in [1.54, 1.807) is 6.20 Å². The first kappa shape index (κ1) is 22.5. The van der Waals surface area contributed by atoms with E-state index >= 15 is 0 Å². The monoisotopic (exact) mass is 359 g/mol. The lowest BCUT2D eigenvalue weighted by Crippen LogP contribution is -2.39. The molecule has 1 heterocycles. The summed E-state index contributed by atoms with van der Waals surface area (Å²) < 4.78 is 0. The Morgan fingerprint density at radius 3 is 2.16 bits per heavy atom. The Kier molecular flexibility index (Phi) is 10.0. The number of nitrogens with two attached hydrogens (primary N) is 1. The molecule has 0 aromatic carbocycles. The second-order valence-corrected chi connectivity index (χ2v) is 5.33. The van der Waals surface area contributed by atoms with Crippen molar-refractivity contribution in [2.75, 3.05) is 38.7 Å². The molecule has 0 radical (unpaired) electrons. The van der Waals surface area contributed by atoms with Gasteiger partial charge >= 0.3 is 11.9 Å². The molecule has 0 aliphatic carbocycles. The highest BCUT2D eigenvalue weighted by molar-refractivity contribution is 5.83. The molecule has 11 nitrogen and oxygen atoms in total. The molecule has 0 saturated heterocycles. The van der Waals surface area contributed by atoms with Crippen LogP contribution in [0.25, 0.3) is 0 Å². The lowest BCUT2D eigenvalue weighted by molar-refractivity contribution is -0.165. The number of rotatable bonds is 8. The predicted octanol–water partition coefficient (Wildman–Crippen LogP) is -1.53. The van der Waals surface area contributed by atoms with Crippen LogP contribution >= 0.6 is 0 Å². The molecule has 25 heavy (non-hydrogen) atoms. The molecular formula is C14H25N5O6. The van der Waals surface area contributed by atoms with Gasteiger partial charge in [0.25, 0.3) is 0 Å². The third-order valence-electron chi connectivity index (χ3n) is 2.98. The van der Waals surface area contributed by atoms with Crippen LogP contribution in [-0.2, 0) is 16.0 Å². The molecule has 1 aromatic heterocycles. The second kappa shape index (κ2) is 11.1. The van der Waals surface area contributed by atoms with Gasteiger partial charge in [-0.3, -0.25) is 0 Å². The smallest absolute Gasteiger partial charge is 0.335 e. The fraction of sp³-hybridized carbons (Fsp3) is 0.571. The Labute approximate surface area is 145 Å². The molecule has 11 heteroatoms. The summed E-state index contributed by atoms with van der Waals surface area (Å²) in [7, 11) is 5.98. The Morgan fingerprint density at radius 2 is 1.76 bits per heavy atom. The van der Waals surface area contributed by atoms with Gasteiger partial charge in [0.05, 0.1) is 0 Å². The van der Waals surface area contributed by atoms with Crippen LogP contribution in [-0.4, -0.2) is 87.1 Å². The number of aromatic nitrogens is 2. The molecule has 0 fully saturated rings. The van der Waals surface area contributed by atoms with Gasteiger partial charge < -0.3 is 36.4 Å². The molecule has 1 aromatic rings. The van der Waals surface area contributed by atoms with Crippen LogP contribution in [0.4, 0.5) is 11.8 Å². The van der Waals surface area contributed by atoms with E-state index in [9.17, 15) is 9.59 Å². The van der Waals surface area contributed by atoms with Crippen LogP contribution in [0.3, 0.4) is 0 Å².